The molecule has 1 saturated heterocycles. The summed E-state index contributed by atoms with van der Waals surface area (Å²) in [4.78, 5) is 79.3. The number of aryl methyl sites for hydroxylation is 2. The van der Waals surface area contributed by atoms with Crippen molar-refractivity contribution >= 4 is 49.6 Å². The van der Waals surface area contributed by atoms with Crippen LogP contribution in [-0.4, -0.2) is 120 Å². The number of hydrogen-bond donors (Lipinski definition) is 8. The number of aliphatic hydroxyl groups excluding tert-OH is 5. The van der Waals surface area contributed by atoms with Gasteiger partial charge in [0.15, 0.2) is 17.7 Å². The Morgan fingerprint density at radius 3 is 2.45 bits per heavy atom. The smallest absolute Gasteiger partial charge is 0.478 e. The minimum atomic E-state index is -5.84. The van der Waals surface area contributed by atoms with Crippen molar-refractivity contribution in [1.82, 2.24) is 34.1 Å². The molecular weight excluding hydrogens is 816 g/mol. The average Bonchev–Trinajstić information content (AvgIpc) is 3.70. The minimum absolute atomic E-state index is 0.0157. The first-order valence-corrected chi connectivity index (χ1v) is 20.2. The summed E-state index contributed by atoms with van der Waals surface area (Å²) >= 11 is 0. The number of carbonyl (C=O) groups excluding carboxylic acids is 1. The third kappa shape index (κ3) is 8.49. The van der Waals surface area contributed by atoms with Crippen LogP contribution in [0.1, 0.15) is 36.0 Å². The van der Waals surface area contributed by atoms with E-state index in [9.17, 15) is 58.8 Å². The maximum absolute atomic E-state index is 13.4. The lowest BCUT2D eigenvalue weighted by atomic mass is 10.0. The van der Waals surface area contributed by atoms with Gasteiger partial charge in [0.2, 0.25) is 11.3 Å². The maximum atomic E-state index is 13.4. The number of hydrogen-bond acceptors (Lipinski definition) is 20. The van der Waals surface area contributed by atoms with Crippen LogP contribution in [0.5, 0.6) is 0 Å². The number of aromatic amines is 1. The van der Waals surface area contributed by atoms with E-state index in [1.165, 1.54) is 15.5 Å². The van der Waals surface area contributed by atoms with E-state index in [0.29, 0.717) is 11.1 Å². The van der Waals surface area contributed by atoms with Crippen molar-refractivity contribution in [2.24, 2.45) is 5.92 Å². The number of H-pyrrole nitrogens is 1. The van der Waals surface area contributed by atoms with Crippen molar-refractivity contribution in [3.63, 3.8) is 0 Å². The molecule has 27 heteroatoms. The number of nitrogen functional groups attached to an aromatic ring is 1. The standard InChI is InChI=1S/C31H39N9O16P2/c1-12(2)29(47)40-16-6-14(4)13(3)5-15(16)38(27-21(40)28(46)37-31(48)36-27)7-17(41)22(43)18(42)8-53-57(49,50)56-58(51,52)54-9-19-23(44)24(45)30(55-19)39-11-35-20-25(32)33-10-34-26(20)39/h5-6,10-12,17-19,22-24,30,41-45H,7-9H2,1-4H3,(H4-,32,33,34,37,46,48,49,50,51,52). The van der Waals surface area contributed by atoms with Gasteiger partial charge in [0.25, 0.3) is 7.82 Å². The third-order valence-corrected chi connectivity index (χ3v) is 11.9. The molecule has 5 heterocycles. The van der Waals surface area contributed by atoms with Crippen LogP contribution >= 0.6 is 15.6 Å². The highest BCUT2D eigenvalue weighted by atomic mass is 31.3. The lowest BCUT2D eigenvalue weighted by molar-refractivity contribution is -0.539. The molecule has 9 atom stereocenters. The molecule has 25 nitrogen and oxygen atoms in total. The van der Waals surface area contributed by atoms with Gasteiger partial charge in [-0.25, -0.2) is 33.4 Å². The number of carbonyl (C=O) groups is 1. The molecule has 0 spiro atoms. The lowest BCUT2D eigenvalue weighted by Crippen LogP contribution is -2.53. The van der Waals surface area contributed by atoms with Gasteiger partial charge in [-0.3, -0.25) is 23.4 Å². The van der Waals surface area contributed by atoms with Gasteiger partial charge in [0.1, 0.15) is 54.0 Å². The van der Waals surface area contributed by atoms with E-state index in [1.54, 1.807) is 39.8 Å². The van der Waals surface area contributed by atoms with E-state index >= 15 is 0 Å². The van der Waals surface area contributed by atoms with E-state index in [-0.39, 0.29) is 39.5 Å². The molecule has 3 aromatic rings. The number of ether oxygens (including phenoxy) is 1. The highest BCUT2D eigenvalue weighted by molar-refractivity contribution is 7.60. The number of rotatable bonds is 14. The summed E-state index contributed by atoms with van der Waals surface area (Å²) in [5, 5.41) is 53.6. The second kappa shape index (κ2) is 16.3. The van der Waals surface area contributed by atoms with E-state index in [2.05, 4.69) is 33.3 Å². The number of aliphatic hydroxyl groups is 5. The molecule has 2 aromatic heterocycles. The Kier molecular flexibility index (Phi) is 12.1. The van der Waals surface area contributed by atoms with Crippen molar-refractivity contribution in [3.05, 3.63) is 56.8 Å². The molecule has 314 valence electrons. The largest absolute Gasteiger partial charge is 0.756 e. The monoisotopic (exact) mass is 855 g/mol. The van der Waals surface area contributed by atoms with E-state index in [1.807, 2.05) is 4.98 Å². The second-order valence-electron chi connectivity index (χ2n) is 13.8. The Balaban J connectivity index is 1.12. The number of fused-ring (bicyclic) bond motifs is 3. The zero-order chi connectivity index (χ0) is 42.6. The number of imidazole rings is 1. The van der Waals surface area contributed by atoms with Gasteiger partial charge < -0.3 is 54.9 Å². The average molecular weight is 856 g/mol. The quantitative estimate of drug-likeness (QED) is 0.0316. The molecule has 1 fully saturated rings. The van der Waals surface area contributed by atoms with E-state index in [4.69, 9.17) is 10.5 Å². The van der Waals surface area contributed by atoms with Gasteiger partial charge in [0, 0.05) is 6.07 Å². The molecule has 0 amide bonds. The normalized spacial score (nSPS) is 22.3. The Bertz CT molecular complexity index is 2560. The fourth-order valence-electron chi connectivity index (χ4n) is 6.22. The SMILES string of the molecule is Cc1cc2c(cc1C)[n+](C(=O)C(C)C)c1c(=O)[nH]c(=O)nc-1n2CC(O)C(O)C(O)COP(=O)([O-])OP(=O)(O)OCC1OC(n2cnc3c(N)ncnc32)C(O)C1O. The molecule has 6 rings (SSSR count). The Morgan fingerprint density at radius 2 is 1.76 bits per heavy atom. The van der Waals surface area contributed by atoms with Gasteiger partial charge in [-0.1, -0.05) is 0 Å². The predicted molar refractivity (Wildman–Crippen MR) is 192 cm³/mol. The number of phosphoric ester groups is 2. The molecule has 9 N–H and O–H groups in total. The topological polar surface area (TPSA) is 374 Å². The van der Waals surface area contributed by atoms with Gasteiger partial charge >= 0.3 is 30.7 Å². The summed E-state index contributed by atoms with van der Waals surface area (Å²) < 4.78 is 47.5. The third-order valence-electron chi connectivity index (χ3n) is 9.34. The molecule has 0 bridgehead atoms. The van der Waals surface area contributed by atoms with E-state index in [0.717, 1.165) is 10.9 Å². The van der Waals surface area contributed by atoms with Crippen molar-refractivity contribution in [2.75, 3.05) is 18.9 Å². The van der Waals surface area contributed by atoms with Crippen molar-refractivity contribution in [2.45, 2.75) is 77.1 Å². The lowest BCUT2D eigenvalue weighted by Gasteiger charge is -2.28. The van der Waals surface area contributed by atoms with Crippen LogP contribution in [0, 0.1) is 19.8 Å². The molecule has 0 aliphatic carbocycles. The summed E-state index contributed by atoms with van der Waals surface area (Å²) in [6, 6.07) is 3.19. The zero-order valence-corrected chi connectivity index (χ0v) is 32.7. The first-order chi connectivity index (χ1) is 27.1. The first-order valence-electron chi connectivity index (χ1n) is 17.3. The fourth-order valence-corrected chi connectivity index (χ4v) is 8.28. The van der Waals surface area contributed by atoms with Crippen LogP contribution in [0.4, 0.5) is 5.82 Å². The maximum Gasteiger partial charge on any atom is 0.478 e. The van der Waals surface area contributed by atoms with Gasteiger partial charge in [0.05, 0.1) is 32.0 Å². The number of benzene rings is 1. The molecule has 3 aliphatic heterocycles. The summed E-state index contributed by atoms with van der Waals surface area (Å²) in [5.41, 5.74) is 5.40. The second-order valence-corrected chi connectivity index (χ2v) is 16.8. The number of anilines is 1. The van der Waals surface area contributed by atoms with Crippen LogP contribution < -0.4 is 26.4 Å². The molecule has 0 saturated carbocycles. The zero-order valence-electron chi connectivity index (χ0n) is 30.9. The van der Waals surface area contributed by atoms with Crippen LogP contribution in [0.15, 0.2) is 34.4 Å². The molecule has 0 radical (unpaired) electrons. The number of aromatic nitrogens is 8. The summed E-state index contributed by atoms with van der Waals surface area (Å²) in [7, 11) is -11.4. The summed E-state index contributed by atoms with van der Waals surface area (Å²) in [6.45, 7) is 3.65. The van der Waals surface area contributed by atoms with Gasteiger partial charge in [-0.2, -0.15) is 4.98 Å². The Labute approximate surface area is 325 Å². The fraction of sp³-hybridized carbons (Fsp3) is 0.484. The highest BCUT2D eigenvalue weighted by Gasteiger charge is 2.46. The van der Waals surface area contributed by atoms with Crippen molar-refractivity contribution in [3.8, 4) is 11.5 Å². The number of nitrogens with one attached hydrogen (secondary N) is 1. The first kappa shape index (κ1) is 43.1. The summed E-state index contributed by atoms with van der Waals surface area (Å²) in [5.74, 6) is -1.49. The molecular formula is C31H39N9O16P2. The van der Waals surface area contributed by atoms with E-state index < -0.39 is 101 Å². The Morgan fingerprint density at radius 1 is 1.07 bits per heavy atom. The van der Waals surface area contributed by atoms with Crippen LogP contribution in [0.2, 0.25) is 0 Å². The molecule has 58 heavy (non-hydrogen) atoms. The summed E-state index contributed by atoms with van der Waals surface area (Å²) in [6.07, 6.45) is -10.4. The number of phosphoric acid groups is 2. The Hall–Kier alpha value is -4.46. The van der Waals surface area contributed by atoms with Crippen molar-refractivity contribution < 1.29 is 71.9 Å². The predicted octanol–water partition coefficient (Wildman–Crippen LogP) is -2.87. The molecule has 9 unspecified atom stereocenters. The van der Waals surface area contributed by atoms with Gasteiger partial charge in [-0.15, -0.1) is 4.57 Å². The van der Waals surface area contributed by atoms with Crippen LogP contribution in [0.25, 0.3) is 33.7 Å². The van der Waals surface area contributed by atoms with Crippen LogP contribution in [0.3, 0.4) is 0 Å². The van der Waals surface area contributed by atoms with Crippen LogP contribution in [-0.2, 0) is 33.8 Å². The molecule has 3 aliphatic rings. The number of nitrogens with zero attached hydrogens (tertiary/aromatic N) is 7. The molecule has 1 aromatic carbocycles. The minimum Gasteiger partial charge on any atom is -0.756 e. The highest BCUT2D eigenvalue weighted by Crippen LogP contribution is 2.58. The van der Waals surface area contributed by atoms with Gasteiger partial charge in [-0.05, 0) is 44.9 Å². The van der Waals surface area contributed by atoms with Crippen molar-refractivity contribution in [1.29, 1.82) is 0 Å². The number of nitrogens with two attached hydrogens (primary N) is 1.